The molecule has 0 amide bonds. The summed E-state index contributed by atoms with van der Waals surface area (Å²) in [6.45, 7) is 7.78. The maximum Gasteiger partial charge on any atom is 0.146 e. The van der Waals surface area contributed by atoms with Gasteiger partial charge in [0.1, 0.15) is 5.82 Å². The van der Waals surface area contributed by atoms with Gasteiger partial charge in [-0.3, -0.25) is 0 Å². The minimum absolute atomic E-state index is 0.232. The van der Waals surface area contributed by atoms with Crippen LogP contribution in [0, 0.1) is 17.7 Å². The van der Waals surface area contributed by atoms with Gasteiger partial charge in [0.2, 0.25) is 0 Å². The van der Waals surface area contributed by atoms with Crippen molar-refractivity contribution < 1.29 is 9.50 Å². The Hall–Kier alpha value is -1.09. The van der Waals surface area contributed by atoms with E-state index < -0.39 is 6.10 Å². The molecule has 2 unspecified atom stereocenters. The van der Waals surface area contributed by atoms with Crippen LogP contribution in [-0.2, 0) is 0 Å². The molecule has 1 heterocycles. The number of benzene rings is 1. The van der Waals surface area contributed by atoms with Gasteiger partial charge in [-0.25, -0.2) is 4.39 Å². The first-order chi connectivity index (χ1) is 8.00. The second-order valence-electron chi connectivity index (χ2n) is 5.21. The van der Waals surface area contributed by atoms with E-state index >= 15 is 0 Å². The Morgan fingerprint density at radius 2 is 1.88 bits per heavy atom. The van der Waals surface area contributed by atoms with Crippen LogP contribution in [-0.4, -0.2) is 18.2 Å². The van der Waals surface area contributed by atoms with E-state index in [2.05, 4.69) is 18.7 Å². The third-order valence-corrected chi connectivity index (χ3v) is 3.77. The first kappa shape index (κ1) is 12.4. The fourth-order valence-electron chi connectivity index (χ4n) is 2.52. The van der Waals surface area contributed by atoms with Gasteiger partial charge in [-0.1, -0.05) is 26.0 Å². The Morgan fingerprint density at radius 1 is 1.29 bits per heavy atom. The van der Waals surface area contributed by atoms with Crippen LogP contribution in [0.1, 0.15) is 32.4 Å². The summed E-state index contributed by atoms with van der Waals surface area (Å²) < 4.78 is 14.0. The Labute approximate surface area is 102 Å². The van der Waals surface area contributed by atoms with Gasteiger partial charge in [-0.05, 0) is 24.8 Å². The summed E-state index contributed by atoms with van der Waals surface area (Å²) in [6, 6.07) is 4.93. The second kappa shape index (κ2) is 4.65. The minimum atomic E-state index is -0.632. The highest BCUT2D eigenvalue weighted by molar-refractivity contribution is 5.56. The van der Waals surface area contributed by atoms with Crippen LogP contribution in [0.3, 0.4) is 0 Å². The number of aliphatic hydroxyl groups excluding tert-OH is 1. The smallest absolute Gasteiger partial charge is 0.146 e. The van der Waals surface area contributed by atoms with E-state index in [0.717, 1.165) is 13.1 Å². The summed E-state index contributed by atoms with van der Waals surface area (Å²) in [7, 11) is 0. The molecule has 94 valence electrons. The number of para-hydroxylation sites is 1. The Balaban J connectivity index is 2.38. The molecular weight excluding hydrogens is 217 g/mol. The maximum atomic E-state index is 14.0. The second-order valence-corrected chi connectivity index (χ2v) is 5.21. The lowest BCUT2D eigenvalue weighted by Crippen LogP contribution is -2.23. The maximum absolute atomic E-state index is 14.0. The van der Waals surface area contributed by atoms with Gasteiger partial charge in [0, 0.05) is 18.7 Å². The van der Waals surface area contributed by atoms with Crippen LogP contribution in [0.4, 0.5) is 10.1 Å². The SMILES string of the molecule is CC1CN(c2c(F)cccc2[C@H](C)O)CC1C. The number of nitrogens with zero attached hydrogens (tertiary/aromatic N) is 1. The molecule has 0 saturated carbocycles. The summed E-state index contributed by atoms with van der Waals surface area (Å²) >= 11 is 0. The molecule has 1 aromatic carbocycles. The van der Waals surface area contributed by atoms with E-state index in [1.54, 1.807) is 19.1 Å². The van der Waals surface area contributed by atoms with E-state index in [1.165, 1.54) is 6.07 Å². The van der Waals surface area contributed by atoms with Crippen molar-refractivity contribution in [2.45, 2.75) is 26.9 Å². The zero-order chi connectivity index (χ0) is 12.6. The summed E-state index contributed by atoms with van der Waals surface area (Å²) in [5, 5.41) is 9.73. The first-order valence-corrected chi connectivity index (χ1v) is 6.22. The van der Waals surface area contributed by atoms with Crippen molar-refractivity contribution >= 4 is 5.69 Å². The topological polar surface area (TPSA) is 23.5 Å². The predicted molar refractivity (Wildman–Crippen MR) is 67.6 cm³/mol. The number of hydrogen-bond acceptors (Lipinski definition) is 2. The molecule has 1 aliphatic heterocycles. The van der Waals surface area contributed by atoms with Crippen molar-refractivity contribution in [2.75, 3.05) is 18.0 Å². The van der Waals surface area contributed by atoms with Gasteiger partial charge in [-0.2, -0.15) is 0 Å². The van der Waals surface area contributed by atoms with Gasteiger partial charge < -0.3 is 10.0 Å². The minimum Gasteiger partial charge on any atom is -0.389 e. The number of anilines is 1. The molecule has 2 rings (SSSR count). The molecule has 3 atom stereocenters. The molecule has 0 aromatic heterocycles. The third-order valence-electron chi connectivity index (χ3n) is 3.77. The number of rotatable bonds is 2. The highest BCUT2D eigenvalue weighted by Crippen LogP contribution is 2.34. The van der Waals surface area contributed by atoms with E-state index in [9.17, 15) is 9.50 Å². The Kier molecular flexibility index (Phi) is 3.38. The summed E-state index contributed by atoms with van der Waals surface area (Å²) in [5.41, 5.74) is 1.27. The monoisotopic (exact) mass is 237 g/mol. The third kappa shape index (κ3) is 2.29. The number of halogens is 1. The zero-order valence-corrected chi connectivity index (χ0v) is 10.7. The molecule has 1 fully saturated rings. The average Bonchev–Trinajstić information content (AvgIpc) is 2.58. The molecule has 0 bridgehead atoms. The number of hydrogen-bond donors (Lipinski definition) is 1. The van der Waals surface area contributed by atoms with Crippen LogP contribution in [0.25, 0.3) is 0 Å². The molecule has 1 saturated heterocycles. The van der Waals surface area contributed by atoms with Gasteiger partial charge in [0.25, 0.3) is 0 Å². The highest BCUT2D eigenvalue weighted by atomic mass is 19.1. The van der Waals surface area contributed by atoms with E-state index in [-0.39, 0.29) is 5.82 Å². The largest absolute Gasteiger partial charge is 0.389 e. The molecule has 3 heteroatoms. The Bertz CT molecular complexity index is 395. The highest BCUT2D eigenvalue weighted by Gasteiger charge is 2.29. The van der Waals surface area contributed by atoms with Crippen LogP contribution >= 0.6 is 0 Å². The van der Waals surface area contributed by atoms with Crippen LogP contribution in [0.2, 0.25) is 0 Å². The van der Waals surface area contributed by atoms with E-state index in [4.69, 9.17) is 0 Å². The zero-order valence-electron chi connectivity index (χ0n) is 10.7. The molecule has 1 aliphatic rings. The first-order valence-electron chi connectivity index (χ1n) is 6.22. The molecule has 17 heavy (non-hydrogen) atoms. The molecule has 1 aromatic rings. The standard InChI is InChI=1S/C14H20FNO/c1-9-7-16(8-10(9)2)14-12(11(3)17)5-4-6-13(14)15/h4-6,9-11,17H,7-8H2,1-3H3/t9?,10?,11-/m0/s1. The lowest BCUT2D eigenvalue weighted by molar-refractivity contribution is 0.199. The predicted octanol–water partition coefficient (Wildman–Crippen LogP) is 2.97. The van der Waals surface area contributed by atoms with Crippen molar-refractivity contribution in [3.8, 4) is 0 Å². The van der Waals surface area contributed by atoms with Crippen molar-refractivity contribution in [3.63, 3.8) is 0 Å². The molecule has 2 nitrogen and oxygen atoms in total. The lowest BCUT2D eigenvalue weighted by Gasteiger charge is -2.23. The van der Waals surface area contributed by atoms with Crippen molar-refractivity contribution in [2.24, 2.45) is 11.8 Å². The molecule has 0 radical (unpaired) electrons. The average molecular weight is 237 g/mol. The molecule has 1 N–H and O–H groups in total. The van der Waals surface area contributed by atoms with Gasteiger partial charge in [-0.15, -0.1) is 0 Å². The quantitative estimate of drug-likeness (QED) is 0.854. The van der Waals surface area contributed by atoms with Crippen LogP contribution in [0.5, 0.6) is 0 Å². The fraction of sp³-hybridized carbons (Fsp3) is 0.571. The summed E-state index contributed by atoms with van der Waals surface area (Å²) in [5.74, 6) is 0.901. The van der Waals surface area contributed by atoms with E-state index in [1.807, 2.05) is 0 Å². The van der Waals surface area contributed by atoms with E-state index in [0.29, 0.717) is 23.1 Å². The fourth-order valence-corrected chi connectivity index (χ4v) is 2.52. The van der Waals surface area contributed by atoms with Gasteiger partial charge >= 0.3 is 0 Å². The van der Waals surface area contributed by atoms with Crippen LogP contribution < -0.4 is 4.90 Å². The number of aliphatic hydroxyl groups is 1. The Morgan fingerprint density at radius 3 is 2.41 bits per heavy atom. The van der Waals surface area contributed by atoms with Crippen LogP contribution in [0.15, 0.2) is 18.2 Å². The summed E-state index contributed by atoms with van der Waals surface area (Å²) in [6.07, 6.45) is -0.632. The normalized spacial score (nSPS) is 26.3. The van der Waals surface area contributed by atoms with Gasteiger partial charge in [0.15, 0.2) is 0 Å². The molecule has 0 spiro atoms. The molecule has 0 aliphatic carbocycles. The lowest BCUT2D eigenvalue weighted by atomic mass is 10.0. The van der Waals surface area contributed by atoms with Gasteiger partial charge in [0.05, 0.1) is 11.8 Å². The van der Waals surface area contributed by atoms with Crippen molar-refractivity contribution in [3.05, 3.63) is 29.6 Å². The molecular formula is C14H20FNO. The van der Waals surface area contributed by atoms with Crippen molar-refractivity contribution in [1.29, 1.82) is 0 Å². The van der Waals surface area contributed by atoms with Crippen molar-refractivity contribution in [1.82, 2.24) is 0 Å². The summed E-state index contributed by atoms with van der Waals surface area (Å²) in [4.78, 5) is 2.06.